The van der Waals surface area contributed by atoms with Crippen molar-refractivity contribution in [2.75, 3.05) is 26.6 Å². The minimum Gasteiger partial charge on any atom is -0.493 e. The maximum atomic E-state index is 5.77. The lowest BCUT2D eigenvalue weighted by Gasteiger charge is -2.14. The molecule has 0 fully saturated rings. The Bertz CT molecular complexity index is 1030. The molecule has 1 N–H and O–H groups in total. The number of benzene rings is 1. The van der Waals surface area contributed by atoms with Crippen molar-refractivity contribution < 1.29 is 18.6 Å². The van der Waals surface area contributed by atoms with Crippen LogP contribution in [0, 0.1) is 0 Å². The highest BCUT2D eigenvalue weighted by Crippen LogP contribution is 2.40. The Balaban J connectivity index is 1.62. The molecule has 3 aromatic heterocycles. The Kier molecular flexibility index (Phi) is 4.25. The van der Waals surface area contributed by atoms with Crippen LogP contribution in [0.25, 0.3) is 17.1 Å². The van der Waals surface area contributed by atoms with Gasteiger partial charge in [0, 0.05) is 24.0 Å². The first-order chi connectivity index (χ1) is 13.2. The highest BCUT2D eigenvalue weighted by atomic mass is 16.5. The van der Waals surface area contributed by atoms with E-state index in [1.165, 1.54) is 0 Å². The fraction of sp³-hybridized carbons (Fsp3) is 0.167. The molecular weight excluding hydrogens is 350 g/mol. The fourth-order valence-electron chi connectivity index (χ4n) is 2.68. The topological polar surface area (TPSA) is 95.9 Å². The van der Waals surface area contributed by atoms with Crippen molar-refractivity contribution in [2.45, 2.75) is 0 Å². The maximum Gasteiger partial charge on any atom is 0.299 e. The Morgan fingerprint density at radius 3 is 2.52 bits per heavy atom. The van der Waals surface area contributed by atoms with E-state index in [1.807, 2.05) is 12.1 Å². The number of nitrogens with one attached hydrogen (secondary N) is 1. The zero-order chi connectivity index (χ0) is 18.8. The van der Waals surface area contributed by atoms with E-state index >= 15 is 0 Å². The first-order valence-electron chi connectivity index (χ1n) is 8.05. The molecule has 4 rings (SSSR count). The average molecular weight is 367 g/mol. The lowest BCUT2D eigenvalue weighted by molar-refractivity contribution is 0.324. The zero-order valence-corrected chi connectivity index (χ0v) is 15.0. The van der Waals surface area contributed by atoms with Crippen LogP contribution < -0.4 is 19.5 Å². The molecular formula is C18H17N5O4. The molecule has 0 spiro atoms. The maximum absolute atomic E-state index is 5.77. The number of imidazole rings is 1. The first-order valence-corrected chi connectivity index (χ1v) is 8.05. The van der Waals surface area contributed by atoms with Gasteiger partial charge < -0.3 is 23.9 Å². The molecule has 0 aliphatic carbocycles. The summed E-state index contributed by atoms with van der Waals surface area (Å²) in [6.45, 7) is 0. The number of hydrogen-bond donors (Lipinski definition) is 1. The third-order valence-corrected chi connectivity index (χ3v) is 3.91. The Morgan fingerprint density at radius 2 is 1.85 bits per heavy atom. The van der Waals surface area contributed by atoms with Crippen LogP contribution in [0.3, 0.4) is 0 Å². The number of rotatable bonds is 6. The summed E-state index contributed by atoms with van der Waals surface area (Å²) in [6, 6.07) is 7.52. The van der Waals surface area contributed by atoms with Gasteiger partial charge in [-0.1, -0.05) is 0 Å². The van der Waals surface area contributed by atoms with E-state index in [1.54, 1.807) is 56.6 Å². The molecule has 0 atom stereocenters. The lowest BCUT2D eigenvalue weighted by Crippen LogP contribution is -1.97. The van der Waals surface area contributed by atoms with Crippen LogP contribution in [-0.4, -0.2) is 40.9 Å². The molecule has 4 aromatic rings. The van der Waals surface area contributed by atoms with Crippen LogP contribution >= 0.6 is 0 Å². The van der Waals surface area contributed by atoms with Gasteiger partial charge in [-0.2, -0.15) is 5.10 Å². The molecule has 1 aromatic carbocycles. The second-order valence-corrected chi connectivity index (χ2v) is 5.52. The third kappa shape index (κ3) is 3.10. The van der Waals surface area contributed by atoms with Crippen LogP contribution in [-0.2, 0) is 0 Å². The quantitative estimate of drug-likeness (QED) is 0.555. The molecule has 3 heterocycles. The molecule has 27 heavy (non-hydrogen) atoms. The summed E-state index contributed by atoms with van der Waals surface area (Å²) >= 11 is 0. The molecule has 9 heteroatoms. The number of fused-ring (bicyclic) bond motifs is 1. The SMILES string of the molecule is COc1cc(Nc2ncc(-c3cn4ncccc4n3)o2)cc(OC)c1OC. The molecule has 138 valence electrons. The molecule has 0 amide bonds. The first kappa shape index (κ1) is 16.7. The van der Waals surface area contributed by atoms with Gasteiger partial charge in [0.15, 0.2) is 22.9 Å². The van der Waals surface area contributed by atoms with E-state index in [0.717, 1.165) is 5.65 Å². The summed E-state index contributed by atoms with van der Waals surface area (Å²) in [7, 11) is 4.67. The third-order valence-electron chi connectivity index (χ3n) is 3.91. The summed E-state index contributed by atoms with van der Waals surface area (Å²) in [5.74, 6) is 2.08. The van der Waals surface area contributed by atoms with Crippen molar-refractivity contribution >= 4 is 17.3 Å². The van der Waals surface area contributed by atoms with Crippen LogP contribution in [0.2, 0.25) is 0 Å². The van der Waals surface area contributed by atoms with E-state index < -0.39 is 0 Å². The number of aromatic nitrogens is 4. The highest BCUT2D eigenvalue weighted by molar-refractivity contribution is 5.66. The molecule has 0 aliphatic rings. The minimum absolute atomic E-state index is 0.310. The van der Waals surface area contributed by atoms with Crippen LogP contribution in [0.1, 0.15) is 0 Å². The summed E-state index contributed by atoms with van der Waals surface area (Å²) in [5.41, 5.74) is 2.04. The van der Waals surface area contributed by atoms with Crippen molar-refractivity contribution in [2.24, 2.45) is 0 Å². The van der Waals surface area contributed by atoms with Gasteiger partial charge in [-0.15, -0.1) is 0 Å². The fourth-order valence-corrected chi connectivity index (χ4v) is 2.68. The zero-order valence-electron chi connectivity index (χ0n) is 15.0. The van der Waals surface area contributed by atoms with Gasteiger partial charge in [-0.3, -0.25) is 0 Å². The van der Waals surface area contributed by atoms with Crippen molar-refractivity contribution in [1.29, 1.82) is 0 Å². The number of methoxy groups -OCH3 is 3. The van der Waals surface area contributed by atoms with E-state index in [-0.39, 0.29) is 0 Å². The van der Waals surface area contributed by atoms with Gasteiger partial charge in [0.2, 0.25) is 5.75 Å². The molecule has 0 aliphatic heterocycles. The summed E-state index contributed by atoms with van der Waals surface area (Å²) in [6.07, 6.45) is 5.07. The van der Waals surface area contributed by atoms with Gasteiger partial charge in [0.05, 0.1) is 33.7 Å². The largest absolute Gasteiger partial charge is 0.493 e. The van der Waals surface area contributed by atoms with Crippen molar-refractivity contribution in [3.63, 3.8) is 0 Å². The Labute approximate surface area is 154 Å². The van der Waals surface area contributed by atoms with Gasteiger partial charge >= 0.3 is 0 Å². The number of ether oxygens (including phenoxy) is 3. The summed E-state index contributed by atoms with van der Waals surface area (Å²) in [4.78, 5) is 8.71. The minimum atomic E-state index is 0.310. The highest BCUT2D eigenvalue weighted by Gasteiger charge is 2.15. The van der Waals surface area contributed by atoms with Crippen molar-refractivity contribution in [3.05, 3.63) is 42.9 Å². The average Bonchev–Trinajstić information content (AvgIpc) is 3.33. The molecule has 9 nitrogen and oxygen atoms in total. The monoisotopic (exact) mass is 367 g/mol. The molecule has 0 radical (unpaired) electrons. The number of oxazole rings is 1. The summed E-state index contributed by atoms with van der Waals surface area (Å²) < 4.78 is 23.5. The van der Waals surface area contributed by atoms with Crippen LogP contribution in [0.15, 0.2) is 47.3 Å². The predicted molar refractivity (Wildman–Crippen MR) is 97.9 cm³/mol. The standard InChI is InChI=1S/C18H17N5O4/c1-24-13-7-11(8-14(25-2)17(13)26-3)21-18-19-9-15(27-18)12-10-23-16(22-12)5-4-6-20-23/h4-10H,1-3H3,(H,19,21). The van der Waals surface area contributed by atoms with Crippen LogP contribution in [0.5, 0.6) is 17.2 Å². The second-order valence-electron chi connectivity index (χ2n) is 5.52. The molecule has 0 saturated heterocycles. The number of hydrogen-bond acceptors (Lipinski definition) is 8. The number of nitrogens with zero attached hydrogens (tertiary/aromatic N) is 4. The Hall–Kier alpha value is -3.75. The summed E-state index contributed by atoms with van der Waals surface area (Å²) in [5, 5.41) is 7.28. The van der Waals surface area contributed by atoms with Gasteiger partial charge in [-0.25, -0.2) is 14.5 Å². The molecule has 0 bridgehead atoms. The van der Waals surface area contributed by atoms with E-state index in [9.17, 15) is 0 Å². The van der Waals surface area contributed by atoms with Gasteiger partial charge in [0.25, 0.3) is 6.01 Å². The Morgan fingerprint density at radius 1 is 1.07 bits per heavy atom. The lowest BCUT2D eigenvalue weighted by atomic mass is 10.2. The molecule has 0 saturated carbocycles. The predicted octanol–water partition coefficient (Wildman–Crippen LogP) is 3.15. The van der Waals surface area contributed by atoms with Crippen LogP contribution in [0.4, 0.5) is 11.7 Å². The number of anilines is 2. The normalized spacial score (nSPS) is 10.8. The van der Waals surface area contributed by atoms with E-state index in [0.29, 0.717) is 40.4 Å². The van der Waals surface area contributed by atoms with Crippen molar-refractivity contribution in [3.8, 4) is 28.7 Å². The van der Waals surface area contributed by atoms with E-state index in [4.69, 9.17) is 18.6 Å². The van der Waals surface area contributed by atoms with E-state index in [2.05, 4.69) is 20.4 Å². The second kappa shape index (κ2) is 6.87. The van der Waals surface area contributed by atoms with Gasteiger partial charge in [-0.05, 0) is 12.1 Å². The smallest absolute Gasteiger partial charge is 0.299 e. The van der Waals surface area contributed by atoms with Crippen molar-refractivity contribution in [1.82, 2.24) is 19.6 Å². The molecule has 0 unspecified atom stereocenters. The van der Waals surface area contributed by atoms with Gasteiger partial charge in [0.1, 0.15) is 5.69 Å².